The fourth-order valence-electron chi connectivity index (χ4n) is 1.19. The minimum Gasteiger partial charge on any atom is -0.369 e. The van der Waals surface area contributed by atoms with Crippen LogP contribution in [0.2, 0.25) is 0 Å². The lowest BCUT2D eigenvalue weighted by Crippen LogP contribution is -2.21. The van der Waals surface area contributed by atoms with Gasteiger partial charge < -0.3 is 11.5 Å². The van der Waals surface area contributed by atoms with Crippen LogP contribution >= 0.6 is 0 Å². The number of halogens is 3. The highest BCUT2D eigenvalue weighted by Gasteiger charge is 2.32. The first-order valence-corrected chi connectivity index (χ1v) is 4.60. The molecule has 7 heteroatoms. The summed E-state index contributed by atoms with van der Waals surface area (Å²) in [5.41, 5.74) is 9.75. The maximum Gasteiger partial charge on any atom is 0.416 e. The highest BCUT2D eigenvalue weighted by atomic mass is 19.4. The second-order valence-electron chi connectivity index (χ2n) is 3.34. The molecule has 1 aromatic rings. The number of hydrogen-bond acceptors (Lipinski definition) is 2. The van der Waals surface area contributed by atoms with Crippen LogP contribution in [0.3, 0.4) is 0 Å². The van der Waals surface area contributed by atoms with Gasteiger partial charge in [-0.3, -0.25) is 0 Å². The lowest BCUT2D eigenvalue weighted by atomic mass is 10.1. The molecule has 17 heavy (non-hydrogen) atoms. The number of aryl methyl sites for hydroxylation is 1. The Hall–Kier alpha value is -2.05. The van der Waals surface area contributed by atoms with Gasteiger partial charge >= 0.3 is 6.18 Å². The monoisotopic (exact) mass is 244 g/mol. The molecule has 0 radical (unpaired) electrons. The molecular formula is C10H11F3N4. The standard InChI is InChI=1S/C10H11F3N4/c1-6-2-3-7(5-16-17-9(14)15)4-8(6)10(11,12)13/h2-5H,1H3,(H4,14,15,17). The van der Waals surface area contributed by atoms with E-state index in [1.54, 1.807) is 0 Å². The first kappa shape index (κ1) is 13.0. The van der Waals surface area contributed by atoms with Crippen LogP contribution in [-0.2, 0) is 6.18 Å². The Labute approximate surface area is 95.8 Å². The average Bonchev–Trinajstić information content (AvgIpc) is 2.18. The highest BCUT2D eigenvalue weighted by Crippen LogP contribution is 2.31. The van der Waals surface area contributed by atoms with Gasteiger partial charge in [0.05, 0.1) is 11.8 Å². The van der Waals surface area contributed by atoms with E-state index in [0.29, 0.717) is 0 Å². The molecule has 0 spiro atoms. The zero-order chi connectivity index (χ0) is 13.1. The molecule has 0 bridgehead atoms. The normalized spacial score (nSPS) is 11.8. The third kappa shape index (κ3) is 3.78. The van der Waals surface area contributed by atoms with Crippen molar-refractivity contribution in [1.82, 2.24) is 0 Å². The zero-order valence-corrected chi connectivity index (χ0v) is 8.99. The molecule has 0 aromatic heterocycles. The summed E-state index contributed by atoms with van der Waals surface area (Å²) in [5, 5.41) is 6.73. The first-order chi connectivity index (χ1) is 7.80. The van der Waals surface area contributed by atoms with E-state index < -0.39 is 11.7 Å². The van der Waals surface area contributed by atoms with Crippen LogP contribution in [0.5, 0.6) is 0 Å². The molecule has 0 atom stereocenters. The van der Waals surface area contributed by atoms with E-state index in [4.69, 9.17) is 11.5 Å². The summed E-state index contributed by atoms with van der Waals surface area (Å²) in [6.07, 6.45) is -3.24. The van der Waals surface area contributed by atoms with Gasteiger partial charge in [0.25, 0.3) is 0 Å². The Balaban J connectivity index is 3.06. The lowest BCUT2D eigenvalue weighted by molar-refractivity contribution is -0.138. The number of rotatable bonds is 2. The summed E-state index contributed by atoms with van der Waals surface area (Å²) in [7, 11) is 0. The molecule has 0 fully saturated rings. The van der Waals surface area contributed by atoms with E-state index in [9.17, 15) is 13.2 Å². The fourth-order valence-corrected chi connectivity index (χ4v) is 1.19. The highest BCUT2D eigenvalue weighted by molar-refractivity contribution is 5.81. The van der Waals surface area contributed by atoms with Gasteiger partial charge in [-0.15, -0.1) is 5.10 Å². The van der Waals surface area contributed by atoms with E-state index in [1.165, 1.54) is 19.1 Å². The van der Waals surface area contributed by atoms with Gasteiger partial charge in [-0.05, 0) is 24.1 Å². The Morgan fingerprint density at radius 3 is 2.47 bits per heavy atom. The van der Waals surface area contributed by atoms with Crippen LogP contribution in [-0.4, -0.2) is 12.2 Å². The van der Waals surface area contributed by atoms with Crippen molar-refractivity contribution in [2.24, 2.45) is 21.7 Å². The number of alkyl halides is 3. The summed E-state index contributed by atoms with van der Waals surface area (Å²) < 4.78 is 37.7. The first-order valence-electron chi connectivity index (χ1n) is 4.60. The molecule has 0 amide bonds. The molecular weight excluding hydrogens is 233 g/mol. The minimum absolute atomic E-state index is 0.150. The smallest absolute Gasteiger partial charge is 0.369 e. The van der Waals surface area contributed by atoms with E-state index in [2.05, 4.69) is 10.2 Å². The van der Waals surface area contributed by atoms with Crippen LogP contribution in [0, 0.1) is 6.92 Å². The average molecular weight is 244 g/mol. The van der Waals surface area contributed by atoms with Crippen LogP contribution < -0.4 is 11.5 Å². The van der Waals surface area contributed by atoms with Crippen molar-refractivity contribution in [2.75, 3.05) is 0 Å². The molecule has 4 N–H and O–H groups in total. The van der Waals surface area contributed by atoms with Crippen LogP contribution in [0.1, 0.15) is 16.7 Å². The van der Waals surface area contributed by atoms with E-state index in [0.717, 1.165) is 12.3 Å². The quantitative estimate of drug-likeness (QED) is 0.471. The SMILES string of the molecule is Cc1ccc(C=NN=C(N)N)cc1C(F)(F)F. The molecule has 0 saturated carbocycles. The summed E-state index contributed by atoms with van der Waals surface area (Å²) in [5.74, 6) is -0.260. The summed E-state index contributed by atoms with van der Waals surface area (Å²) >= 11 is 0. The van der Waals surface area contributed by atoms with Crippen molar-refractivity contribution in [3.63, 3.8) is 0 Å². The van der Waals surface area contributed by atoms with Crippen LogP contribution in [0.4, 0.5) is 13.2 Å². The van der Waals surface area contributed by atoms with Gasteiger partial charge in [0.15, 0.2) is 0 Å². The predicted molar refractivity (Wildman–Crippen MR) is 59.6 cm³/mol. The molecule has 0 aliphatic rings. The summed E-state index contributed by atoms with van der Waals surface area (Å²) in [6, 6.07) is 3.84. The molecule has 0 aliphatic carbocycles. The van der Waals surface area contributed by atoms with Crippen molar-refractivity contribution >= 4 is 12.2 Å². The Morgan fingerprint density at radius 2 is 1.94 bits per heavy atom. The number of nitrogens with two attached hydrogens (primary N) is 2. The number of hydrogen-bond donors (Lipinski definition) is 2. The van der Waals surface area contributed by atoms with Crippen molar-refractivity contribution in [1.29, 1.82) is 0 Å². The Bertz CT molecular complexity index is 459. The van der Waals surface area contributed by atoms with Crippen LogP contribution in [0.15, 0.2) is 28.4 Å². The van der Waals surface area contributed by atoms with Gasteiger partial charge in [0, 0.05) is 0 Å². The topological polar surface area (TPSA) is 76.8 Å². The van der Waals surface area contributed by atoms with Gasteiger partial charge in [-0.25, -0.2) is 0 Å². The van der Waals surface area contributed by atoms with Crippen molar-refractivity contribution < 1.29 is 13.2 Å². The molecule has 92 valence electrons. The van der Waals surface area contributed by atoms with Crippen LogP contribution in [0.25, 0.3) is 0 Å². The molecule has 0 unspecified atom stereocenters. The summed E-state index contributed by atoms with van der Waals surface area (Å²) in [4.78, 5) is 0. The van der Waals surface area contributed by atoms with Gasteiger partial charge in [0.1, 0.15) is 0 Å². The Morgan fingerprint density at radius 1 is 1.29 bits per heavy atom. The third-order valence-electron chi connectivity index (χ3n) is 1.95. The Kier molecular flexibility index (Phi) is 3.72. The largest absolute Gasteiger partial charge is 0.416 e. The lowest BCUT2D eigenvalue weighted by Gasteiger charge is -2.10. The predicted octanol–water partition coefficient (Wildman–Crippen LogP) is 1.62. The van der Waals surface area contributed by atoms with E-state index in [-0.39, 0.29) is 17.1 Å². The van der Waals surface area contributed by atoms with Gasteiger partial charge in [-0.2, -0.15) is 18.3 Å². The van der Waals surface area contributed by atoms with Crippen molar-refractivity contribution in [2.45, 2.75) is 13.1 Å². The van der Waals surface area contributed by atoms with E-state index in [1.807, 2.05) is 0 Å². The molecule has 4 nitrogen and oxygen atoms in total. The van der Waals surface area contributed by atoms with Crippen molar-refractivity contribution in [3.8, 4) is 0 Å². The molecule has 1 aromatic carbocycles. The van der Waals surface area contributed by atoms with Gasteiger partial charge in [-0.1, -0.05) is 12.1 Å². The molecule has 1 rings (SSSR count). The molecule has 0 aliphatic heterocycles. The zero-order valence-electron chi connectivity index (χ0n) is 8.99. The second-order valence-corrected chi connectivity index (χ2v) is 3.34. The molecule has 0 heterocycles. The van der Waals surface area contributed by atoms with Crippen molar-refractivity contribution in [3.05, 3.63) is 34.9 Å². The number of benzene rings is 1. The van der Waals surface area contributed by atoms with E-state index >= 15 is 0 Å². The maximum absolute atomic E-state index is 12.6. The molecule has 0 saturated heterocycles. The third-order valence-corrected chi connectivity index (χ3v) is 1.95. The number of nitrogens with zero attached hydrogens (tertiary/aromatic N) is 2. The maximum atomic E-state index is 12.6. The fraction of sp³-hybridized carbons (Fsp3) is 0.200. The minimum atomic E-state index is -4.38. The van der Waals surface area contributed by atoms with Gasteiger partial charge in [0.2, 0.25) is 5.96 Å². The number of guanidine groups is 1. The second kappa shape index (κ2) is 4.86. The summed E-state index contributed by atoms with van der Waals surface area (Å²) in [6.45, 7) is 1.39.